The zero-order valence-corrected chi connectivity index (χ0v) is 11.0. The molecular formula is C14H22N2O. The van der Waals surface area contributed by atoms with Crippen molar-refractivity contribution in [3.8, 4) is 5.88 Å². The van der Waals surface area contributed by atoms with Crippen LogP contribution in [0.4, 0.5) is 0 Å². The number of aromatic nitrogens is 1. The average molecular weight is 234 g/mol. The first-order valence-corrected chi connectivity index (χ1v) is 6.42. The third kappa shape index (κ3) is 3.43. The first-order valence-electron chi connectivity index (χ1n) is 6.42. The van der Waals surface area contributed by atoms with Crippen LogP contribution in [0.25, 0.3) is 0 Å². The Morgan fingerprint density at radius 3 is 2.82 bits per heavy atom. The summed E-state index contributed by atoms with van der Waals surface area (Å²) in [6.45, 7) is 7.47. The molecule has 1 aliphatic heterocycles. The molecule has 1 unspecified atom stereocenters. The number of rotatable bonds is 4. The molecule has 0 radical (unpaired) electrons. The Bertz CT molecular complexity index is 348. The van der Waals surface area contributed by atoms with E-state index >= 15 is 0 Å². The lowest BCUT2D eigenvalue weighted by Gasteiger charge is -2.12. The van der Waals surface area contributed by atoms with Gasteiger partial charge in [-0.1, -0.05) is 19.9 Å². The van der Waals surface area contributed by atoms with E-state index in [2.05, 4.69) is 36.8 Å². The van der Waals surface area contributed by atoms with Crippen LogP contribution in [0.3, 0.4) is 0 Å². The lowest BCUT2D eigenvalue weighted by molar-refractivity contribution is 0.241. The van der Waals surface area contributed by atoms with Gasteiger partial charge in [0.15, 0.2) is 0 Å². The lowest BCUT2D eigenvalue weighted by atomic mass is 10.1. The molecule has 0 aromatic carbocycles. The maximum atomic E-state index is 5.74. The molecule has 0 saturated carbocycles. The van der Waals surface area contributed by atoms with E-state index in [1.807, 2.05) is 12.3 Å². The minimum atomic E-state index is 0.528. The normalized spacial score (nSPS) is 21.1. The van der Waals surface area contributed by atoms with Gasteiger partial charge in [-0.3, -0.25) is 0 Å². The van der Waals surface area contributed by atoms with E-state index in [1.54, 1.807) is 0 Å². The highest BCUT2D eigenvalue weighted by atomic mass is 16.5. The molecule has 1 aromatic heterocycles. The molecule has 94 valence electrons. The highest BCUT2D eigenvalue weighted by Crippen LogP contribution is 2.18. The summed E-state index contributed by atoms with van der Waals surface area (Å²) in [6, 6.07) is 4.09. The van der Waals surface area contributed by atoms with Crippen molar-refractivity contribution in [2.45, 2.75) is 26.2 Å². The van der Waals surface area contributed by atoms with Crippen molar-refractivity contribution in [1.29, 1.82) is 0 Å². The van der Waals surface area contributed by atoms with Gasteiger partial charge in [0.1, 0.15) is 0 Å². The van der Waals surface area contributed by atoms with Crippen molar-refractivity contribution in [3.05, 3.63) is 23.9 Å². The van der Waals surface area contributed by atoms with Crippen LogP contribution < -0.4 is 4.74 Å². The molecule has 1 aliphatic rings. The molecule has 17 heavy (non-hydrogen) atoms. The Balaban J connectivity index is 1.83. The molecule has 0 N–H and O–H groups in total. The Labute approximate surface area is 104 Å². The summed E-state index contributed by atoms with van der Waals surface area (Å²) in [7, 11) is 2.16. The van der Waals surface area contributed by atoms with Gasteiger partial charge in [0.25, 0.3) is 0 Å². The quantitative estimate of drug-likeness (QED) is 0.800. The molecule has 1 saturated heterocycles. The number of hydrogen-bond donors (Lipinski definition) is 0. The van der Waals surface area contributed by atoms with E-state index in [4.69, 9.17) is 4.74 Å². The molecule has 2 rings (SSSR count). The van der Waals surface area contributed by atoms with Gasteiger partial charge in [-0.15, -0.1) is 0 Å². The highest BCUT2D eigenvalue weighted by Gasteiger charge is 2.19. The van der Waals surface area contributed by atoms with Crippen molar-refractivity contribution in [1.82, 2.24) is 9.88 Å². The van der Waals surface area contributed by atoms with Crippen molar-refractivity contribution in [2.75, 3.05) is 26.7 Å². The Morgan fingerprint density at radius 1 is 1.47 bits per heavy atom. The minimum Gasteiger partial charge on any atom is -0.477 e. The van der Waals surface area contributed by atoms with Crippen molar-refractivity contribution in [2.24, 2.45) is 5.92 Å². The van der Waals surface area contributed by atoms with E-state index in [-0.39, 0.29) is 0 Å². The maximum Gasteiger partial charge on any atom is 0.213 e. The predicted octanol–water partition coefficient (Wildman–Crippen LogP) is 2.54. The van der Waals surface area contributed by atoms with E-state index in [0.29, 0.717) is 11.8 Å². The van der Waals surface area contributed by atoms with E-state index in [0.717, 1.165) is 19.0 Å². The number of likely N-dealkylation sites (tertiary alicyclic amines) is 1. The fourth-order valence-corrected chi connectivity index (χ4v) is 2.18. The first-order chi connectivity index (χ1) is 8.15. The largest absolute Gasteiger partial charge is 0.477 e. The van der Waals surface area contributed by atoms with Gasteiger partial charge in [-0.25, -0.2) is 4.98 Å². The fourth-order valence-electron chi connectivity index (χ4n) is 2.18. The van der Waals surface area contributed by atoms with Crippen molar-refractivity contribution < 1.29 is 4.74 Å². The Hall–Kier alpha value is -1.09. The van der Waals surface area contributed by atoms with Crippen LogP contribution in [0.1, 0.15) is 31.7 Å². The molecule has 1 atom stereocenters. The van der Waals surface area contributed by atoms with Crippen LogP contribution in [0, 0.1) is 5.92 Å². The SMILES string of the molecule is CC(C)c1ccc(OCC2CCN(C)C2)nc1. The van der Waals surface area contributed by atoms with Gasteiger partial charge in [-0.05, 0) is 31.5 Å². The summed E-state index contributed by atoms with van der Waals surface area (Å²) in [5, 5.41) is 0. The highest BCUT2D eigenvalue weighted by molar-refractivity contribution is 5.20. The van der Waals surface area contributed by atoms with Gasteiger partial charge in [-0.2, -0.15) is 0 Å². The van der Waals surface area contributed by atoms with Crippen molar-refractivity contribution in [3.63, 3.8) is 0 Å². The van der Waals surface area contributed by atoms with E-state index in [9.17, 15) is 0 Å². The zero-order valence-electron chi connectivity index (χ0n) is 11.0. The molecular weight excluding hydrogens is 212 g/mol. The molecule has 0 amide bonds. The van der Waals surface area contributed by atoms with Crippen LogP contribution in [0.5, 0.6) is 5.88 Å². The zero-order chi connectivity index (χ0) is 12.3. The minimum absolute atomic E-state index is 0.528. The molecule has 0 aliphatic carbocycles. The number of hydrogen-bond acceptors (Lipinski definition) is 3. The maximum absolute atomic E-state index is 5.74. The molecule has 1 aromatic rings. The summed E-state index contributed by atoms with van der Waals surface area (Å²) < 4.78 is 5.74. The smallest absolute Gasteiger partial charge is 0.213 e. The van der Waals surface area contributed by atoms with Gasteiger partial charge >= 0.3 is 0 Å². The standard InChI is InChI=1S/C14H22N2O/c1-11(2)13-4-5-14(15-8-13)17-10-12-6-7-16(3)9-12/h4-5,8,11-12H,6-7,9-10H2,1-3H3. The summed E-state index contributed by atoms with van der Waals surface area (Å²) in [5.41, 5.74) is 1.26. The molecule has 3 heteroatoms. The monoisotopic (exact) mass is 234 g/mol. The second kappa shape index (κ2) is 5.50. The molecule has 1 fully saturated rings. The molecule has 0 spiro atoms. The predicted molar refractivity (Wildman–Crippen MR) is 69.4 cm³/mol. The summed E-state index contributed by atoms with van der Waals surface area (Å²) in [5.74, 6) is 1.94. The van der Waals surface area contributed by atoms with Crippen LogP contribution in [0.2, 0.25) is 0 Å². The van der Waals surface area contributed by atoms with E-state index in [1.165, 1.54) is 18.5 Å². The van der Waals surface area contributed by atoms with Gasteiger partial charge < -0.3 is 9.64 Å². The van der Waals surface area contributed by atoms with Crippen LogP contribution in [0.15, 0.2) is 18.3 Å². The molecule has 0 bridgehead atoms. The second-order valence-corrected chi connectivity index (χ2v) is 5.31. The Morgan fingerprint density at radius 2 is 2.29 bits per heavy atom. The average Bonchev–Trinajstić information content (AvgIpc) is 2.73. The number of pyridine rings is 1. The topological polar surface area (TPSA) is 25.4 Å². The van der Waals surface area contributed by atoms with Crippen LogP contribution >= 0.6 is 0 Å². The third-order valence-electron chi connectivity index (χ3n) is 3.38. The summed E-state index contributed by atoms with van der Waals surface area (Å²) in [4.78, 5) is 6.69. The van der Waals surface area contributed by atoms with Crippen molar-refractivity contribution >= 4 is 0 Å². The third-order valence-corrected chi connectivity index (χ3v) is 3.38. The lowest BCUT2D eigenvalue weighted by Crippen LogP contribution is -2.18. The second-order valence-electron chi connectivity index (χ2n) is 5.31. The first kappa shape index (κ1) is 12.4. The van der Waals surface area contributed by atoms with Crippen LogP contribution in [-0.2, 0) is 0 Å². The molecule has 3 nitrogen and oxygen atoms in total. The number of ether oxygens (including phenoxy) is 1. The van der Waals surface area contributed by atoms with Gasteiger partial charge in [0, 0.05) is 24.7 Å². The van der Waals surface area contributed by atoms with Gasteiger partial charge in [0.05, 0.1) is 6.61 Å². The molecule has 2 heterocycles. The van der Waals surface area contributed by atoms with E-state index < -0.39 is 0 Å². The fraction of sp³-hybridized carbons (Fsp3) is 0.643. The summed E-state index contributed by atoms with van der Waals surface area (Å²) in [6.07, 6.45) is 3.15. The van der Waals surface area contributed by atoms with Gasteiger partial charge in [0.2, 0.25) is 5.88 Å². The summed E-state index contributed by atoms with van der Waals surface area (Å²) >= 11 is 0. The van der Waals surface area contributed by atoms with Crippen LogP contribution in [-0.4, -0.2) is 36.6 Å². The Kier molecular flexibility index (Phi) is 4.00. The number of nitrogens with zero attached hydrogens (tertiary/aromatic N) is 2.